The van der Waals surface area contributed by atoms with Gasteiger partial charge in [-0.05, 0) is 31.2 Å². The first-order valence-electron chi connectivity index (χ1n) is 8.82. The van der Waals surface area contributed by atoms with E-state index in [0.29, 0.717) is 5.58 Å². The Morgan fingerprint density at radius 2 is 1.77 bits per heavy atom. The molecule has 0 aliphatic rings. The van der Waals surface area contributed by atoms with E-state index < -0.39 is 0 Å². The molecule has 3 rings (SSSR count). The number of anilines is 1. The number of nitrogens with zero attached hydrogens (tertiary/aromatic N) is 1. The Labute approximate surface area is 153 Å². The normalized spacial score (nSPS) is 12.3. The van der Waals surface area contributed by atoms with Crippen LogP contribution in [0.2, 0.25) is 0 Å². The predicted octanol–water partition coefficient (Wildman–Crippen LogP) is 2.17. The molecule has 0 amide bonds. The summed E-state index contributed by atoms with van der Waals surface area (Å²) in [6, 6.07) is 15.0. The molecule has 3 aromatic rings. The highest BCUT2D eigenvalue weighted by Gasteiger charge is 2.14. The van der Waals surface area contributed by atoms with Gasteiger partial charge in [-0.1, -0.05) is 12.1 Å². The number of phenolic OH excluding ortho intramolecular Hbond substituents is 1. The summed E-state index contributed by atoms with van der Waals surface area (Å²) in [7, 11) is 4.06. The average molecular weight is 353 g/mol. The van der Waals surface area contributed by atoms with Crippen LogP contribution in [0, 0.1) is 0 Å². The molecule has 0 aliphatic heterocycles. The number of rotatable bonds is 6. The number of fused-ring (bicyclic) bond motifs is 1. The monoisotopic (exact) mass is 353 g/mol. The molecule has 1 aromatic heterocycles. The van der Waals surface area contributed by atoms with Crippen LogP contribution in [0.15, 0.2) is 57.7 Å². The maximum Gasteiger partial charge on any atom is 0.336 e. The van der Waals surface area contributed by atoms with Crippen molar-refractivity contribution in [3.63, 3.8) is 0 Å². The van der Waals surface area contributed by atoms with Gasteiger partial charge in [-0.25, -0.2) is 4.79 Å². The first kappa shape index (κ1) is 18.0. The molecule has 0 saturated carbocycles. The summed E-state index contributed by atoms with van der Waals surface area (Å²) < 4.78 is 5.22. The summed E-state index contributed by atoms with van der Waals surface area (Å²) in [4.78, 5) is 15.3. The quantitative estimate of drug-likeness (QED) is 0.667. The Morgan fingerprint density at radius 1 is 1.04 bits per heavy atom. The third-order valence-electron chi connectivity index (χ3n) is 4.66. The van der Waals surface area contributed by atoms with Crippen molar-refractivity contribution in [2.24, 2.45) is 0 Å². The second kappa shape index (κ2) is 7.62. The molecule has 26 heavy (non-hydrogen) atoms. The molecule has 136 valence electrons. The van der Waals surface area contributed by atoms with E-state index in [2.05, 4.69) is 36.1 Å². The molecule has 5 heteroatoms. The molecule has 0 bridgehead atoms. The molecule has 2 aromatic carbocycles. The SMILES string of the molecule is CC[NH+](Cc1ccc(N(C)C)cc1)Cc1cc(=O)oc2cc(O)ccc12. The standard InChI is InChI=1S/C21H24N2O3/c1-4-23(13-15-5-7-17(8-6-15)22(2)3)14-16-11-21(25)26-20-12-18(24)9-10-19(16)20/h5-12,24H,4,13-14H2,1-3H3/p+1. The smallest absolute Gasteiger partial charge is 0.336 e. The van der Waals surface area contributed by atoms with Crippen molar-refractivity contribution in [3.05, 3.63) is 70.1 Å². The predicted molar refractivity (Wildman–Crippen MR) is 104 cm³/mol. The van der Waals surface area contributed by atoms with E-state index >= 15 is 0 Å². The lowest BCUT2D eigenvalue weighted by molar-refractivity contribution is -0.925. The van der Waals surface area contributed by atoms with Crippen LogP contribution in [-0.4, -0.2) is 25.7 Å². The van der Waals surface area contributed by atoms with Crippen LogP contribution in [0.1, 0.15) is 18.1 Å². The molecule has 0 fully saturated rings. The van der Waals surface area contributed by atoms with Gasteiger partial charge in [-0.2, -0.15) is 0 Å². The summed E-state index contributed by atoms with van der Waals surface area (Å²) in [6.45, 7) is 4.68. The summed E-state index contributed by atoms with van der Waals surface area (Å²) in [6.07, 6.45) is 0. The van der Waals surface area contributed by atoms with Gasteiger partial charge in [0.05, 0.1) is 6.54 Å². The van der Waals surface area contributed by atoms with Gasteiger partial charge < -0.3 is 19.3 Å². The molecule has 5 nitrogen and oxygen atoms in total. The van der Waals surface area contributed by atoms with Crippen LogP contribution >= 0.6 is 0 Å². The number of benzene rings is 2. The minimum atomic E-state index is -0.385. The minimum Gasteiger partial charge on any atom is -0.508 e. The fourth-order valence-electron chi connectivity index (χ4n) is 3.15. The summed E-state index contributed by atoms with van der Waals surface area (Å²) in [5.41, 5.74) is 3.43. The van der Waals surface area contributed by atoms with Crippen LogP contribution < -0.4 is 15.4 Å². The van der Waals surface area contributed by atoms with E-state index in [-0.39, 0.29) is 11.4 Å². The highest BCUT2D eigenvalue weighted by Crippen LogP contribution is 2.21. The van der Waals surface area contributed by atoms with Gasteiger partial charge in [-0.15, -0.1) is 0 Å². The summed E-state index contributed by atoms with van der Waals surface area (Å²) in [5.74, 6) is 0.0958. The molecule has 0 saturated heterocycles. The van der Waals surface area contributed by atoms with Crippen molar-refractivity contribution < 1.29 is 14.4 Å². The van der Waals surface area contributed by atoms with Gasteiger partial charge in [0, 0.05) is 48.4 Å². The Hall–Kier alpha value is -2.79. The molecule has 2 N–H and O–H groups in total. The fourth-order valence-corrected chi connectivity index (χ4v) is 3.15. The van der Waals surface area contributed by atoms with Gasteiger partial charge in [0.25, 0.3) is 0 Å². The maximum absolute atomic E-state index is 11.9. The highest BCUT2D eigenvalue weighted by atomic mass is 16.4. The van der Waals surface area contributed by atoms with E-state index in [9.17, 15) is 9.90 Å². The van der Waals surface area contributed by atoms with Crippen LogP contribution in [0.4, 0.5) is 5.69 Å². The third-order valence-corrected chi connectivity index (χ3v) is 4.66. The number of hydrogen-bond donors (Lipinski definition) is 2. The highest BCUT2D eigenvalue weighted by molar-refractivity contribution is 5.81. The van der Waals surface area contributed by atoms with Crippen molar-refractivity contribution in [2.75, 3.05) is 25.5 Å². The number of quaternary nitrogens is 1. The van der Waals surface area contributed by atoms with Crippen molar-refractivity contribution in [2.45, 2.75) is 20.0 Å². The second-order valence-electron chi connectivity index (χ2n) is 6.79. The van der Waals surface area contributed by atoms with Gasteiger partial charge in [0.1, 0.15) is 24.4 Å². The van der Waals surface area contributed by atoms with Crippen LogP contribution in [0.5, 0.6) is 5.75 Å². The van der Waals surface area contributed by atoms with Crippen molar-refractivity contribution in [1.82, 2.24) is 0 Å². The first-order valence-corrected chi connectivity index (χ1v) is 8.82. The molecular formula is C21H25N2O3+. The number of nitrogens with one attached hydrogen (secondary N) is 1. The lowest BCUT2D eigenvalue weighted by atomic mass is 10.1. The third kappa shape index (κ3) is 4.06. The van der Waals surface area contributed by atoms with E-state index in [1.807, 2.05) is 20.2 Å². The lowest BCUT2D eigenvalue weighted by Crippen LogP contribution is -3.09. The minimum absolute atomic E-state index is 0.0958. The zero-order chi connectivity index (χ0) is 18.7. The zero-order valence-corrected chi connectivity index (χ0v) is 15.5. The van der Waals surface area contributed by atoms with E-state index in [0.717, 1.165) is 30.6 Å². The van der Waals surface area contributed by atoms with Crippen molar-refractivity contribution >= 4 is 16.7 Å². The Kier molecular flexibility index (Phi) is 5.28. The lowest BCUT2D eigenvalue weighted by Gasteiger charge is -2.19. The molecule has 0 radical (unpaired) electrons. The largest absolute Gasteiger partial charge is 0.508 e. The van der Waals surface area contributed by atoms with Gasteiger partial charge in [0.2, 0.25) is 0 Å². The molecule has 0 spiro atoms. The van der Waals surface area contributed by atoms with Crippen LogP contribution in [-0.2, 0) is 13.1 Å². The number of hydrogen-bond acceptors (Lipinski definition) is 4. The van der Waals surface area contributed by atoms with Gasteiger partial charge in [-0.3, -0.25) is 0 Å². The molecule has 1 unspecified atom stereocenters. The summed E-state index contributed by atoms with van der Waals surface area (Å²) >= 11 is 0. The first-order chi connectivity index (χ1) is 12.5. The number of aromatic hydroxyl groups is 1. The topological polar surface area (TPSA) is 58.1 Å². The van der Waals surface area contributed by atoms with E-state index in [1.165, 1.54) is 22.2 Å². The van der Waals surface area contributed by atoms with Crippen LogP contribution in [0.25, 0.3) is 11.0 Å². The number of phenols is 1. The fraction of sp³-hybridized carbons (Fsp3) is 0.286. The zero-order valence-electron chi connectivity index (χ0n) is 15.5. The van der Waals surface area contributed by atoms with Gasteiger partial charge >= 0.3 is 5.63 Å². The van der Waals surface area contributed by atoms with Crippen LogP contribution in [0.3, 0.4) is 0 Å². The Morgan fingerprint density at radius 3 is 2.42 bits per heavy atom. The molecule has 0 aliphatic carbocycles. The van der Waals surface area contributed by atoms with E-state index in [4.69, 9.17) is 4.42 Å². The maximum atomic E-state index is 11.9. The average Bonchev–Trinajstić information content (AvgIpc) is 2.61. The molecule has 1 atom stereocenters. The molecular weight excluding hydrogens is 328 g/mol. The van der Waals surface area contributed by atoms with Crippen molar-refractivity contribution in [3.8, 4) is 5.75 Å². The Bertz CT molecular complexity index is 946. The summed E-state index contributed by atoms with van der Waals surface area (Å²) in [5, 5.41) is 10.5. The second-order valence-corrected chi connectivity index (χ2v) is 6.79. The Balaban J connectivity index is 1.84. The van der Waals surface area contributed by atoms with Gasteiger partial charge in [0.15, 0.2) is 0 Å². The molecule has 1 heterocycles. The van der Waals surface area contributed by atoms with E-state index in [1.54, 1.807) is 12.1 Å². The van der Waals surface area contributed by atoms with Crippen molar-refractivity contribution in [1.29, 1.82) is 0 Å².